The second-order valence-corrected chi connectivity index (χ2v) is 12.1. The number of allylic oxidation sites excluding steroid dienone is 4. The zero-order valence-electron chi connectivity index (χ0n) is 22.0. The van der Waals surface area contributed by atoms with Gasteiger partial charge in [0.2, 0.25) is 0 Å². The normalized spacial score (nSPS) is 25.4. The molecule has 2 N–H and O–H groups in total. The molecule has 1 heterocycles. The number of hydrogen-bond donors (Lipinski definition) is 2. The number of nitrogens with zero attached hydrogens (tertiary/aromatic N) is 3. The van der Waals surface area contributed by atoms with Gasteiger partial charge in [-0.3, -0.25) is 4.72 Å². The van der Waals surface area contributed by atoms with Crippen molar-refractivity contribution in [2.45, 2.75) is 55.9 Å². The fourth-order valence-electron chi connectivity index (χ4n) is 5.44. The lowest BCUT2D eigenvalue weighted by molar-refractivity contribution is -0.307. The Hall–Kier alpha value is -3.26. The van der Waals surface area contributed by atoms with E-state index in [0.717, 1.165) is 12.4 Å². The predicted molar refractivity (Wildman–Crippen MR) is 139 cm³/mol. The number of hydrogen-bond acceptors (Lipinski definition) is 7. The fourth-order valence-corrected chi connectivity index (χ4v) is 6.52. The number of alkyl halides is 3. The second-order valence-electron chi connectivity index (χ2n) is 10.5. The van der Waals surface area contributed by atoms with Crippen LogP contribution in [0, 0.1) is 23.0 Å². The molecule has 2 aromatic rings. The number of nitrogens with one attached hydrogen (secondary N) is 2. The molecule has 1 fully saturated rings. The van der Waals surface area contributed by atoms with Gasteiger partial charge in [0.1, 0.15) is 34.4 Å². The molecule has 40 heavy (non-hydrogen) atoms. The second kappa shape index (κ2) is 11.3. The summed E-state index contributed by atoms with van der Waals surface area (Å²) in [5, 5.41) is 3.03. The summed E-state index contributed by atoms with van der Waals surface area (Å²) >= 11 is 0. The Bertz CT molecular complexity index is 1390. The van der Waals surface area contributed by atoms with E-state index in [1.165, 1.54) is 18.3 Å². The van der Waals surface area contributed by atoms with E-state index in [1.807, 2.05) is 32.0 Å². The number of sulfonamides is 1. The van der Waals surface area contributed by atoms with Crippen molar-refractivity contribution in [1.82, 2.24) is 14.9 Å². The highest BCUT2D eigenvalue weighted by Crippen LogP contribution is 2.47. The lowest BCUT2D eigenvalue weighted by Gasteiger charge is -2.47. The zero-order valence-corrected chi connectivity index (χ0v) is 22.9. The molecule has 1 aromatic heterocycles. The minimum Gasteiger partial charge on any atom is -0.410 e. The lowest BCUT2D eigenvalue weighted by Crippen LogP contribution is -2.50. The Morgan fingerprint density at radius 1 is 1.15 bits per heavy atom. The average molecular weight is 588 g/mol. The first-order valence-corrected chi connectivity index (χ1v) is 14.0. The van der Waals surface area contributed by atoms with Crippen LogP contribution in [0.5, 0.6) is 0 Å². The Morgan fingerprint density at radius 2 is 1.90 bits per heavy atom. The van der Waals surface area contributed by atoms with E-state index < -0.39 is 38.3 Å². The molecule has 218 valence electrons. The van der Waals surface area contributed by atoms with Crippen LogP contribution in [-0.4, -0.2) is 55.8 Å². The van der Waals surface area contributed by atoms with Crippen LogP contribution in [0.2, 0.25) is 0 Å². The van der Waals surface area contributed by atoms with E-state index in [4.69, 9.17) is 0 Å². The summed E-state index contributed by atoms with van der Waals surface area (Å²) in [7, 11) is -0.791. The van der Waals surface area contributed by atoms with Crippen molar-refractivity contribution in [2.24, 2.45) is 11.3 Å². The molecule has 0 amide bonds. The van der Waals surface area contributed by atoms with Crippen LogP contribution >= 0.6 is 0 Å². The molecule has 0 spiro atoms. The molecule has 0 bridgehead atoms. The van der Waals surface area contributed by atoms with Crippen LogP contribution in [0.25, 0.3) is 0 Å². The van der Waals surface area contributed by atoms with Gasteiger partial charge in [0.15, 0.2) is 0 Å². The van der Waals surface area contributed by atoms with Gasteiger partial charge in [-0.2, -0.15) is 0 Å². The molecule has 0 aliphatic heterocycles. The molecule has 1 aromatic carbocycles. The zero-order chi connectivity index (χ0) is 29.3. The number of halogens is 5. The summed E-state index contributed by atoms with van der Waals surface area (Å²) in [5.41, 5.74) is -0.778. The average Bonchev–Trinajstić information content (AvgIpc) is 2.85. The van der Waals surface area contributed by atoms with Gasteiger partial charge in [0.25, 0.3) is 10.0 Å². The van der Waals surface area contributed by atoms with Crippen LogP contribution in [-0.2, 0) is 14.8 Å². The van der Waals surface area contributed by atoms with Gasteiger partial charge in [-0.05, 0) is 62.9 Å². The SMILES string of the molecule is CN(C)[C@H]1C[C@@H](C2(C)C=CC=C(OC(F)(F)F)C2)CC[C@@H]1Nc1cc(F)c(S(=O)(=O)Nc2ccncn2)cc1F. The Kier molecular flexibility index (Phi) is 8.41. The van der Waals surface area contributed by atoms with E-state index in [1.54, 1.807) is 6.08 Å². The molecule has 1 saturated carbocycles. The van der Waals surface area contributed by atoms with E-state index in [-0.39, 0.29) is 41.7 Å². The molecule has 4 rings (SSSR count). The first kappa shape index (κ1) is 29.7. The quantitative estimate of drug-likeness (QED) is 0.397. The van der Waals surface area contributed by atoms with Crippen molar-refractivity contribution in [1.29, 1.82) is 0 Å². The highest BCUT2D eigenvalue weighted by atomic mass is 32.2. The van der Waals surface area contributed by atoms with Gasteiger partial charge in [0, 0.05) is 30.8 Å². The summed E-state index contributed by atoms with van der Waals surface area (Å²) in [6.45, 7) is 1.89. The summed E-state index contributed by atoms with van der Waals surface area (Å²) in [5.74, 6) is -2.36. The Balaban J connectivity index is 1.49. The third-order valence-electron chi connectivity index (χ3n) is 7.45. The minimum absolute atomic E-state index is 0.00305. The van der Waals surface area contributed by atoms with Gasteiger partial charge in [0.05, 0.1) is 5.69 Å². The predicted octanol–water partition coefficient (Wildman–Crippen LogP) is 5.45. The molecular formula is C26H30F5N5O3S. The number of aromatic nitrogens is 2. The minimum atomic E-state index is -4.77. The summed E-state index contributed by atoms with van der Waals surface area (Å²) in [6, 6.07) is 2.18. The largest absolute Gasteiger partial charge is 0.572 e. The third-order valence-corrected chi connectivity index (χ3v) is 8.82. The van der Waals surface area contributed by atoms with Crippen LogP contribution in [0.1, 0.15) is 32.6 Å². The maximum atomic E-state index is 15.1. The molecule has 0 radical (unpaired) electrons. The van der Waals surface area contributed by atoms with Crippen LogP contribution in [0.15, 0.2) is 59.6 Å². The summed E-state index contributed by atoms with van der Waals surface area (Å²) in [6.07, 6.45) is 4.21. The van der Waals surface area contributed by atoms with E-state index in [0.29, 0.717) is 25.3 Å². The molecular weight excluding hydrogens is 557 g/mol. The smallest absolute Gasteiger partial charge is 0.410 e. The fraction of sp³-hybridized carbons (Fsp3) is 0.462. The molecule has 1 unspecified atom stereocenters. The van der Waals surface area contributed by atoms with Gasteiger partial charge in [-0.15, -0.1) is 13.2 Å². The number of likely N-dealkylation sites (N-methyl/N-ethyl adjacent to an activating group) is 1. The maximum Gasteiger partial charge on any atom is 0.572 e. The monoisotopic (exact) mass is 587 g/mol. The van der Waals surface area contributed by atoms with Gasteiger partial charge >= 0.3 is 6.36 Å². The summed E-state index contributed by atoms with van der Waals surface area (Å²) in [4.78, 5) is 8.46. The molecule has 8 nitrogen and oxygen atoms in total. The molecule has 14 heteroatoms. The van der Waals surface area contributed by atoms with Crippen LogP contribution < -0.4 is 10.0 Å². The van der Waals surface area contributed by atoms with E-state index in [9.17, 15) is 26.0 Å². The van der Waals surface area contributed by atoms with Gasteiger partial charge in [-0.25, -0.2) is 27.2 Å². The Morgan fingerprint density at radius 3 is 2.55 bits per heavy atom. The van der Waals surface area contributed by atoms with E-state index in [2.05, 4.69) is 24.7 Å². The standard InChI is InChI=1S/C26H30F5N5O3S/c1-25(9-4-5-17(14-25)39-26(29,30)31)16-6-7-20(22(11-16)36(2)3)34-21-12-19(28)23(13-18(21)27)40(37,38)35-24-8-10-32-15-33-24/h4-5,8-10,12-13,15-16,20,22,34H,6-7,11,14H2,1-3H3,(H,32,33,35)/t16-,20-,22-,25?/m0/s1. The Labute approximate surface area is 229 Å². The van der Waals surface area contributed by atoms with Crippen molar-refractivity contribution in [3.8, 4) is 0 Å². The number of benzene rings is 1. The lowest BCUT2D eigenvalue weighted by atomic mass is 9.64. The molecule has 2 aliphatic carbocycles. The highest BCUT2D eigenvalue weighted by Gasteiger charge is 2.43. The van der Waals surface area contributed by atoms with Crippen LogP contribution in [0.4, 0.5) is 33.5 Å². The number of ether oxygens (including phenoxy) is 1. The van der Waals surface area contributed by atoms with Gasteiger partial charge in [-0.1, -0.05) is 19.1 Å². The molecule has 2 aliphatic rings. The topological polar surface area (TPSA) is 96.5 Å². The van der Waals surface area contributed by atoms with Crippen molar-refractivity contribution < 1.29 is 35.1 Å². The number of rotatable bonds is 8. The first-order valence-electron chi connectivity index (χ1n) is 12.5. The first-order chi connectivity index (χ1) is 18.7. The van der Waals surface area contributed by atoms with Crippen LogP contribution in [0.3, 0.4) is 0 Å². The van der Waals surface area contributed by atoms with Crippen molar-refractivity contribution in [3.63, 3.8) is 0 Å². The van der Waals surface area contributed by atoms with E-state index >= 15 is 4.39 Å². The van der Waals surface area contributed by atoms with Crippen molar-refractivity contribution in [3.05, 3.63) is 66.3 Å². The maximum absolute atomic E-state index is 15.1. The third kappa shape index (κ3) is 6.89. The van der Waals surface area contributed by atoms with Gasteiger partial charge < -0.3 is 15.0 Å². The summed E-state index contributed by atoms with van der Waals surface area (Å²) < 4.78 is 100. The van der Waals surface area contributed by atoms with Crippen molar-refractivity contribution >= 4 is 21.5 Å². The number of anilines is 2. The molecule has 0 saturated heterocycles. The van der Waals surface area contributed by atoms with Crippen molar-refractivity contribution in [2.75, 3.05) is 24.1 Å². The highest BCUT2D eigenvalue weighted by molar-refractivity contribution is 7.92. The molecule has 4 atom stereocenters.